The van der Waals surface area contributed by atoms with E-state index in [4.69, 9.17) is 10.5 Å². The van der Waals surface area contributed by atoms with Crippen LogP contribution in [0.4, 0.5) is 22.0 Å². The number of nitrogens with two attached hydrogens (primary N) is 1. The van der Waals surface area contributed by atoms with Gasteiger partial charge in [0, 0.05) is 21.3 Å². The second-order valence-electron chi connectivity index (χ2n) is 3.91. The van der Waals surface area contributed by atoms with E-state index in [1.165, 1.54) is 11.3 Å². The van der Waals surface area contributed by atoms with Crippen LogP contribution >= 0.6 is 27.3 Å². The van der Waals surface area contributed by atoms with Crippen molar-refractivity contribution in [3.63, 3.8) is 0 Å². The van der Waals surface area contributed by atoms with Crippen molar-refractivity contribution >= 4 is 27.3 Å². The van der Waals surface area contributed by atoms with Crippen molar-refractivity contribution in [3.8, 4) is 5.75 Å². The van der Waals surface area contributed by atoms with E-state index in [2.05, 4.69) is 15.9 Å². The van der Waals surface area contributed by atoms with Gasteiger partial charge in [-0.2, -0.15) is 8.78 Å². The van der Waals surface area contributed by atoms with Crippen LogP contribution in [0.2, 0.25) is 0 Å². The Morgan fingerprint density at radius 3 is 2.00 bits per heavy atom. The van der Waals surface area contributed by atoms with Gasteiger partial charge >= 0.3 is 0 Å². The fourth-order valence-corrected chi connectivity index (χ4v) is 3.04. The van der Waals surface area contributed by atoms with Crippen LogP contribution in [0, 0.1) is 29.1 Å². The predicted octanol–water partition coefficient (Wildman–Crippen LogP) is 4.28. The first-order chi connectivity index (χ1) is 9.86. The Balaban J connectivity index is 2.43. The first kappa shape index (κ1) is 16.2. The van der Waals surface area contributed by atoms with Gasteiger partial charge in [-0.3, -0.25) is 0 Å². The Kier molecular flexibility index (Phi) is 4.84. The Labute approximate surface area is 128 Å². The standard InChI is InChI=1S/C12H7BrF5NOS/c13-4-1-6(21-3-4)5(2-19)20-12-10(17)8(15)7(14)9(16)11(12)18/h1,3,5H,2,19H2. The Bertz CT molecular complexity index is 649. The van der Waals surface area contributed by atoms with Gasteiger partial charge in [0.2, 0.25) is 29.1 Å². The predicted molar refractivity (Wildman–Crippen MR) is 70.7 cm³/mol. The van der Waals surface area contributed by atoms with Crippen molar-refractivity contribution in [2.45, 2.75) is 6.10 Å². The quantitative estimate of drug-likeness (QED) is 0.482. The van der Waals surface area contributed by atoms with Crippen molar-refractivity contribution in [1.29, 1.82) is 0 Å². The van der Waals surface area contributed by atoms with Crippen LogP contribution in [0.1, 0.15) is 11.0 Å². The molecular formula is C12H7BrF5NOS. The second-order valence-corrected chi connectivity index (χ2v) is 5.77. The molecule has 21 heavy (non-hydrogen) atoms. The van der Waals surface area contributed by atoms with Crippen molar-refractivity contribution in [2.24, 2.45) is 5.73 Å². The van der Waals surface area contributed by atoms with Gasteiger partial charge in [0.05, 0.1) is 0 Å². The second kappa shape index (κ2) is 6.29. The molecule has 2 rings (SSSR count). The maximum absolute atomic E-state index is 13.5. The van der Waals surface area contributed by atoms with Gasteiger partial charge in [0.15, 0.2) is 5.75 Å². The van der Waals surface area contributed by atoms with Crippen molar-refractivity contribution in [3.05, 3.63) is 49.9 Å². The average molecular weight is 388 g/mol. The third-order valence-electron chi connectivity index (χ3n) is 2.55. The van der Waals surface area contributed by atoms with Crippen LogP contribution in [-0.4, -0.2) is 6.54 Å². The molecule has 0 aliphatic carbocycles. The van der Waals surface area contributed by atoms with E-state index in [0.717, 1.165) is 0 Å². The van der Waals surface area contributed by atoms with Crippen LogP contribution in [0.15, 0.2) is 15.9 Å². The number of hydrogen-bond donors (Lipinski definition) is 1. The van der Waals surface area contributed by atoms with Crippen LogP contribution in [0.5, 0.6) is 5.75 Å². The topological polar surface area (TPSA) is 35.2 Å². The lowest BCUT2D eigenvalue weighted by atomic mass is 10.2. The molecule has 0 radical (unpaired) electrons. The maximum atomic E-state index is 13.5. The molecule has 0 fully saturated rings. The summed E-state index contributed by atoms with van der Waals surface area (Å²) in [4.78, 5) is 0.480. The van der Waals surface area contributed by atoms with Gasteiger partial charge < -0.3 is 10.5 Å². The molecule has 2 nitrogen and oxygen atoms in total. The van der Waals surface area contributed by atoms with Gasteiger partial charge in [-0.1, -0.05) is 0 Å². The van der Waals surface area contributed by atoms with E-state index < -0.39 is 40.9 Å². The van der Waals surface area contributed by atoms with E-state index in [1.54, 1.807) is 11.4 Å². The normalized spacial score (nSPS) is 12.5. The van der Waals surface area contributed by atoms with Crippen LogP contribution in [-0.2, 0) is 0 Å². The largest absolute Gasteiger partial charge is 0.477 e. The highest BCUT2D eigenvalue weighted by atomic mass is 79.9. The van der Waals surface area contributed by atoms with Gasteiger partial charge in [-0.25, -0.2) is 13.2 Å². The van der Waals surface area contributed by atoms with Crippen LogP contribution < -0.4 is 10.5 Å². The SMILES string of the molecule is NCC(Oc1c(F)c(F)c(F)c(F)c1F)c1cc(Br)cs1. The summed E-state index contributed by atoms with van der Waals surface area (Å²) in [6.07, 6.45) is -1.03. The zero-order valence-electron chi connectivity index (χ0n) is 10.1. The summed E-state index contributed by atoms with van der Waals surface area (Å²) < 4.78 is 71.8. The first-order valence-electron chi connectivity index (χ1n) is 5.48. The molecule has 0 saturated carbocycles. The zero-order chi connectivity index (χ0) is 15.7. The summed E-state index contributed by atoms with van der Waals surface area (Å²) >= 11 is 4.34. The van der Waals surface area contributed by atoms with Crippen LogP contribution in [0.3, 0.4) is 0 Å². The molecule has 0 aliphatic rings. The zero-order valence-corrected chi connectivity index (χ0v) is 12.5. The molecule has 9 heteroatoms. The minimum Gasteiger partial charge on any atom is -0.477 e. The lowest BCUT2D eigenvalue weighted by Gasteiger charge is -2.17. The number of thiophene rings is 1. The molecule has 0 aliphatic heterocycles. The summed E-state index contributed by atoms with van der Waals surface area (Å²) in [6, 6.07) is 1.58. The maximum Gasteiger partial charge on any atom is 0.207 e. The lowest BCUT2D eigenvalue weighted by Crippen LogP contribution is -2.19. The summed E-state index contributed by atoms with van der Waals surface area (Å²) in [5, 5.41) is 1.67. The number of benzene rings is 1. The fraction of sp³-hybridized carbons (Fsp3) is 0.167. The molecule has 2 N–H and O–H groups in total. The number of halogens is 6. The summed E-state index contributed by atoms with van der Waals surface area (Å²) in [7, 11) is 0. The molecule has 1 atom stereocenters. The molecule has 1 aromatic heterocycles. The third-order valence-corrected chi connectivity index (χ3v) is 4.33. The molecule has 2 aromatic rings. The summed E-state index contributed by atoms with van der Waals surface area (Å²) in [5.74, 6) is -11.8. The summed E-state index contributed by atoms with van der Waals surface area (Å²) in [5.41, 5.74) is 5.43. The van der Waals surface area contributed by atoms with Gasteiger partial charge in [-0.15, -0.1) is 11.3 Å². The highest BCUT2D eigenvalue weighted by Crippen LogP contribution is 2.34. The smallest absolute Gasteiger partial charge is 0.207 e. The van der Waals surface area contributed by atoms with E-state index in [0.29, 0.717) is 9.35 Å². The van der Waals surface area contributed by atoms with Gasteiger partial charge in [-0.05, 0) is 22.0 Å². The Morgan fingerprint density at radius 2 is 1.57 bits per heavy atom. The first-order valence-corrected chi connectivity index (χ1v) is 7.16. The number of ether oxygens (including phenoxy) is 1. The monoisotopic (exact) mass is 387 g/mol. The minimum atomic E-state index is -2.24. The highest BCUT2D eigenvalue weighted by Gasteiger charge is 2.29. The van der Waals surface area contributed by atoms with Crippen molar-refractivity contribution < 1.29 is 26.7 Å². The highest BCUT2D eigenvalue weighted by molar-refractivity contribution is 9.10. The van der Waals surface area contributed by atoms with E-state index in [1.807, 2.05) is 0 Å². The molecule has 0 saturated heterocycles. The number of rotatable bonds is 4. The lowest BCUT2D eigenvalue weighted by molar-refractivity contribution is 0.188. The Morgan fingerprint density at radius 1 is 1.05 bits per heavy atom. The molecule has 0 bridgehead atoms. The van der Waals surface area contributed by atoms with Crippen molar-refractivity contribution in [1.82, 2.24) is 0 Å². The van der Waals surface area contributed by atoms with Crippen LogP contribution in [0.25, 0.3) is 0 Å². The fourth-order valence-electron chi connectivity index (χ4n) is 1.55. The van der Waals surface area contributed by atoms with E-state index >= 15 is 0 Å². The molecule has 1 aromatic carbocycles. The molecule has 1 heterocycles. The summed E-state index contributed by atoms with van der Waals surface area (Å²) in [6.45, 7) is -0.202. The Hall–Kier alpha value is -1.19. The van der Waals surface area contributed by atoms with Gasteiger partial charge in [0.25, 0.3) is 0 Å². The molecule has 1 unspecified atom stereocenters. The number of hydrogen-bond acceptors (Lipinski definition) is 3. The van der Waals surface area contributed by atoms with Crippen molar-refractivity contribution in [2.75, 3.05) is 6.54 Å². The van der Waals surface area contributed by atoms with Gasteiger partial charge in [0.1, 0.15) is 6.10 Å². The molecule has 0 amide bonds. The minimum absolute atomic E-state index is 0.202. The third kappa shape index (κ3) is 3.04. The molecule has 114 valence electrons. The molecular weight excluding hydrogens is 381 g/mol. The molecule has 0 spiro atoms. The van der Waals surface area contributed by atoms with E-state index in [-0.39, 0.29) is 6.54 Å². The average Bonchev–Trinajstić information content (AvgIpc) is 2.90. The van der Waals surface area contributed by atoms with E-state index in [9.17, 15) is 22.0 Å².